The van der Waals surface area contributed by atoms with E-state index in [9.17, 15) is 9.59 Å². The van der Waals surface area contributed by atoms with E-state index in [1.165, 1.54) is 6.07 Å². The van der Waals surface area contributed by atoms with Crippen LogP contribution >= 0.6 is 0 Å². The van der Waals surface area contributed by atoms with E-state index in [0.29, 0.717) is 0 Å². The van der Waals surface area contributed by atoms with Crippen LogP contribution in [0.5, 0.6) is 0 Å². The van der Waals surface area contributed by atoms with Crippen LogP contribution in [0, 0.1) is 6.92 Å². The highest BCUT2D eigenvalue weighted by Gasteiger charge is 2.06. The van der Waals surface area contributed by atoms with Gasteiger partial charge in [0.05, 0.1) is 12.1 Å². The Morgan fingerprint density at radius 1 is 1.38 bits per heavy atom. The number of aryl methyl sites for hydroxylation is 1. The van der Waals surface area contributed by atoms with Crippen molar-refractivity contribution in [2.24, 2.45) is 0 Å². The Morgan fingerprint density at radius 3 is 2.56 bits per heavy atom. The first-order valence-electron chi connectivity index (χ1n) is 4.83. The van der Waals surface area contributed by atoms with Gasteiger partial charge in [0.15, 0.2) is 0 Å². The van der Waals surface area contributed by atoms with E-state index in [1.807, 2.05) is 0 Å². The lowest BCUT2D eigenvalue weighted by Gasteiger charge is -2.09. The molecule has 0 fully saturated rings. The van der Waals surface area contributed by atoms with Crippen molar-refractivity contribution < 1.29 is 14.7 Å². The Balaban J connectivity index is 2.75. The lowest BCUT2D eigenvalue weighted by molar-refractivity contribution is -0.118. The maximum Gasteiger partial charge on any atom is 0.335 e. The van der Waals surface area contributed by atoms with Gasteiger partial charge in [0, 0.05) is 12.7 Å². The third-order valence-corrected chi connectivity index (χ3v) is 2.19. The molecule has 0 radical (unpaired) electrons. The number of carboxylic acids is 1. The van der Waals surface area contributed by atoms with E-state index in [4.69, 9.17) is 5.11 Å². The molecule has 1 aromatic carbocycles. The van der Waals surface area contributed by atoms with Gasteiger partial charge in [0.1, 0.15) is 0 Å². The molecular formula is C11H14N2O3. The molecule has 0 heterocycles. The van der Waals surface area contributed by atoms with Crippen molar-refractivity contribution in [3.63, 3.8) is 0 Å². The standard InChI is InChI=1S/C11H14N2O3/c1-7-5-8(11(15)16)3-4-9(7)13-6-10(14)12-2/h3-5,13H,6H2,1-2H3,(H,12,14)(H,15,16). The second kappa shape index (κ2) is 5.16. The van der Waals surface area contributed by atoms with Crippen molar-refractivity contribution in [3.8, 4) is 0 Å². The number of benzene rings is 1. The minimum Gasteiger partial charge on any atom is -0.478 e. The van der Waals surface area contributed by atoms with Crippen LogP contribution in [0.2, 0.25) is 0 Å². The smallest absolute Gasteiger partial charge is 0.335 e. The number of nitrogens with one attached hydrogen (secondary N) is 2. The van der Waals surface area contributed by atoms with Crippen molar-refractivity contribution >= 4 is 17.6 Å². The van der Waals surface area contributed by atoms with Crippen molar-refractivity contribution in [2.75, 3.05) is 18.9 Å². The first-order valence-corrected chi connectivity index (χ1v) is 4.83. The molecule has 0 aliphatic rings. The third-order valence-electron chi connectivity index (χ3n) is 2.19. The molecule has 0 aliphatic carbocycles. The molecule has 0 saturated carbocycles. The molecule has 0 bridgehead atoms. The number of carbonyl (C=O) groups excluding carboxylic acids is 1. The SMILES string of the molecule is CNC(=O)CNc1ccc(C(=O)O)cc1C. The Morgan fingerprint density at radius 2 is 2.06 bits per heavy atom. The van der Waals surface area contributed by atoms with E-state index in [2.05, 4.69) is 10.6 Å². The molecule has 16 heavy (non-hydrogen) atoms. The van der Waals surface area contributed by atoms with Crippen LogP contribution in [0.15, 0.2) is 18.2 Å². The minimum absolute atomic E-state index is 0.123. The van der Waals surface area contributed by atoms with E-state index < -0.39 is 5.97 Å². The zero-order valence-electron chi connectivity index (χ0n) is 9.20. The second-order valence-electron chi connectivity index (χ2n) is 3.36. The molecule has 0 aromatic heterocycles. The van der Waals surface area contributed by atoms with E-state index in [0.717, 1.165) is 11.3 Å². The molecule has 0 saturated heterocycles. The van der Waals surface area contributed by atoms with Gasteiger partial charge < -0.3 is 15.7 Å². The summed E-state index contributed by atoms with van der Waals surface area (Å²) < 4.78 is 0. The fraction of sp³-hybridized carbons (Fsp3) is 0.273. The second-order valence-corrected chi connectivity index (χ2v) is 3.36. The number of amides is 1. The summed E-state index contributed by atoms with van der Waals surface area (Å²) in [6, 6.07) is 4.72. The Labute approximate surface area is 93.5 Å². The van der Waals surface area contributed by atoms with Crippen LogP contribution in [0.3, 0.4) is 0 Å². The lowest BCUT2D eigenvalue weighted by Crippen LogP contribution is -2.26. The monoisotopic (exact) mass is 222 g/mol. The fourth-order valence-corrected chi connectivity index (χ4v) is 1.26. The van der Waals surface area contributed by atoms with Gasteiger partial charge in [-0.1, -0.05) is 0 Å². The van der Waals surface area contributed by atoms with Gasteiger partial charge >= 0.3 is 5.97 Å². The number of hydrogen-bond acceptors (Lipinski definition) is 3. The summed E-state index contributed by atoms with van der Waals surface area (Å²) in [5.74, 6) is -1.08. The van der Waals surface area contributed by atoms with Gasteiger partial charge in [-0.15, -0.1) is 0 Å². The van der Waals surface area contributed by atoms with Gasteiger partial charge in [0.25, 0.3) is 0 Å². The van der Waals surface area contributed by atoms with Crippen molar-refractivity contribution in [3.05, 3.63) is 29.3 Å². The number of rotatable bonds is 4. The molecule has 0 spiro atoms. The van der Waals surface area contributed by atoms with Crippen molar-refractivity contribution in [1.82, 2.24) is 5.32 Å². The summed E-state index contributed by atoms with van der Waals surface area (Å²) in [6.07, 6.45) is 0. The van der Waals surface area contributed by atoms with Crippen LogP contribution in [-0.4, -0.2) is 30.6 Å². The van der Waals surface area contributed by atoms with Crippen LogP contribution in [0.1, 0.15) is 15.9 Å². The van der Waals surface area contributed by atoms with Gasteiger partial charge in [-0.05, 0) is 30.7 Å². The van der Waals surface area contributed by atoms with E-state index in [1.54, 1.807) is 26.1 Å². The zero-order chi connectivity index (χ0) is 12.1. The van der Waals surface area contributed by atoms with Crippen LogP contribution in [0.25, 0.3) is 0 Å². The van der Waals surface area contributed by atoms with Crippen LogP contribution < -0.4 is 10.6 Å². The molecule has 5 nitrogen and oxygen atoms in total. The Bertz CT molecular complexity index is 416. The molecule has 0 atom stereocenters. The predicted octanol–water partition coefficient (Wildman–Crippen LogP) is 0.851. The normalized spacial score (nSPS) is 9.62. The maximum atomic E-state index is 11.0. The number of aromatic carboxylic acids is 1. The molecule has 0 aliphatic heterocycles. The number of carbonyl (C=O) groups is 2. The van der Waals surface area contributed by atoms with Gasteiger partial charge in [-0.25, -0.2) is 4.79 Å². The highest BCUT2D eigenvalue weighted by atomic mass is 16.4. The summed E-state index contributed by atoms with van der Waals surface area (Å²) in [6.45, 7) is 1.96. The summed E-state index contributed by atoms with van der Waals surface area (Å²) in [4.78, 5) is 21.7. The lowest BCUT2D eigenvalue weighted by atomic mass is 10.1. The van der Waals surface area contributed by atoms with Crippen molar-refractivity contribution in [1.29, 1.82) is 0 Å². The molecule has 1 rings (SSSR count). The largest absolute Gasteiger partial charge is 0.478 e. The Hall–Kier alpha value is -2.04. The van der Waals surface area contributed by atoms with Gasteiger partial charge in [0.2, 0.25) is 5.91 Å². The molecule has 1 aromatic rings. The quantitative estimate of drug-likeness (QED) is 0.705. The zero-order valence-corrected chi connectivity index (χ0v) is 9.20. The first kappa shape index (κ1) is 12.0. The topological polar surface area (TPSA) is 78.4 Å². The van der Waals surface area contributed by atoms with Crippen LogP contribution in [-0.2, 0) is 4.79 Å². The highest BCUT2D eigenvalue weighted by molar-refractivity contribution is 5.88. The summed E-state index contributed by atoms with van der Waals surface area (Å²) >= 11 is 0. The average molecular weight is 222 g/mol. The third kappa shape index (κ3) is 2.98. The van der Waals surface area contributed by atoms with E-state index >= 15 is 0 Å². The molecule has 0 unspecified atom stereocenters. The number of likely N-dealkylation sites (N-methyl/N-ethyl adjacent to an activating group) is 1. The Kier molecular flexibility index (Phi) is 3.88. The van der Waals surface area contributed by atoms with Gasteiger partial charge in [-0.3, -0.25) is 4.79 Å². The predicted molar refractivity (Wildman–Crippen MR) is 60.7 cm³/mol. The number of carboxylic acid groups (broad SMARTS) is 1. The summed E-state index contributed by atoms with van der Waals surface area (Å²) in [5, 5.41) is 14.2. The van der Waals surface area contributed by atoms with Gasteiger partial charge in [-0.2, -0.15) is 0 Å². The first-order chi connectivity index (χ1) is 7.54. The molecular weight excluding hydrogens is 208 g/mol. The number of hydrogen-bond donors (Lipinski definition) is 3. The molecule has 5 heteroatoms. The summed E-state index contributed by atoms with van der Waals surface area (Å²) in [5.41, 5.74) is 1.79. The average Bonchev–Trinajstić information content (AvgIpc) is 2.26. The number of anilines is 1. The molecule has 86 valence electrons. The van der Waals surface area contributed by atoms with Crippen molar-refractivity contribution in [2.45, 2.75) is 6.92 Å². The van der Waals surface area contributed by atoms with Crippen LogP contribution in [0.4, 0.5) is 5.69 Å². The fourth-order valence-electron chi connectivity index (χ4n) is 1.26. The van der Waals surface area contributed by atoms with E-state index in [-0.39, 0.29) is 18.0 Å². The molecule has 1 amide bonds. The summed E-state index contributed by atoms with van der Waals surface area (Å²) in [7, 11) is 1.56. The highest BCUT2D eigenvalue weighted by Crippen LogP contribution is 2.16. The minimum atomic E-state index is -0.957. The molecule has 3 N–H and O–H groups in total. The maximum absolute atomic E-state index is 11.0.